The van der Waals surface area contributed by atoms with Crippen molar-refractivity contribution in [2.24, 2.45) is 7.05 Å². The lowest BCUT2D eigenvalue weighted by Crippen LogP contribution is -2.46. The highest BCUT2D eigenvalue weighted by molar-refractivity contribution is 6.02. The number of amides is 1. The molecule has 2 heterocycles. The van der Waals surface area contributed by atoms with Crippen LogP contribution in [0, 0.1) is 0 Å². The third-order valence-corrected chi connectivity index (χ3v) is 6.61. The first-order chi connectivity index (χ1) is 15.3. The zero-order chi connectivity index (χ0) is 23.0. The first kappa shape index (κ1) is 22.2. The molecule has 1 amide bonds. The van der Waals surface area contributed by atoms with E-state index in [1.54, 1.807) is 24.9 Å². The largest absolute Gasteiger partial charge is 0.462 e. The van der Waals surface area contributed by atoms with Crippen LogP contribution in [0.15, 0.2) is 15.7 Å². The summed E-state index contributed by atoms with van der Waals surface area (Å²) in [5.74, 6) is -0.707. The Kier molecular flexibility index (Phi) is 6.17. The van der Waals surface area contributed by atoms with Crippen molar-refractivity contribution in [1.82, 2.24) is 19.0 Å². The lowest BCUT2D eigenvalue weighted by atomic mass is 9.94. The molecule has 172 valence electrons. The highest BCUT2D eigenvalue weighted by Crippen LogP contribution is 2.40. The van der Waals surface area contributed by atoms with E-state index in [4.69, 9.17) is 4.74 Å². The lowest BCUT2D eigenvalue weighted by Gasteiger charge is -2.31. The zero-order valence-corrected chi connectivity index (χ0v) is 18.9. The molecule has 2 aliphatic rings. The molecule has 2 fully saturated rings. The number of aryl methyl sites for hydroxylation is 1. The van der Waals surface area contributed by atoms with E-state index in [1.165, 1.54) is 11.6 Å². The summed E-state index contributed by atoms with van der Waals surface area (Å²) in [5.41, 5.74) is -0.381. The fourth-order valence-corrected chi connectivity index (χ4v) is 4.51. The molecule has 2 aromatic rings. The van der Waals surface area contributed by atoms with Crippen LogP contribution in [0.4, 0.5) is 0 Å². The Morgan fingerprint density at radius 3 is 2.47 bits per heavy atom. The SMILES string of the molecule is CCOC(=O)c1cc(C2CC2)nc2c1c(=O)n(CC(=O)N(C)C1CCCCC1)c(=O)n2C. The molecule has 0 aromatic carbocycles. The maximum absolute atomic E-state index is 13.4. The molecule has 9 nitrogen and oxygen atoms in total. The highest BCUT2D eigenvalue weighted by Gasteiger charge is 2.30. The van der Waals surface area contributed by atoms with Crippen molar-refractivity contribution in [2.75, 3.05) is 13.7 Å². The van der Waals surface area contributed by atoms with Crippen molar-refractivity contribution in [1.29, 1.82) is 0 Å². The Labute approximate surface area is 186 Å². The molecular formula is C23H30N4O5. The van der Waals surface area contributed by atoms with Crippen LogP contribution in [0.5, 0.6) is 0 Å². The summed E-state index contributed by atoms with van der Waals surface area (Å²) in [7, 11) is 3.23. The number of aromatic nitrogens is 3. The van der Waals surface area contributed by atoms with Gasteiger partial charge in [0.25, 0.3) is 5.56 Å². The van der Waals surface area contributed by atoms with Gasteiger partial charge in [0.05, 0.1) is 17.6 Å². The standard InChI is InChI=1S/C23H30N4O5/c1-4-32-22(30)16-12-17(14-10-11-14)24-20-19(16)21(29)27(23(31)26(20)3)13-18(28)25(2)15-8-6-5-7-9-15/h12,14-15H,4-11,13H2,1-3H3. The highest BCUT2D eigenvalue weighted by atomic mass is 16.5. The quantitative estimate of drug-likeness (QED) is 0.634. The van der Waals surface area contributed by atoms with Crippen molar-refractivity contribution in [3.63, 3.8) is 0 Å². The number of rotatable bonds is 6. The number of ether oxygens (including phenoxy) is 1. The predicted molar refractivity (Wildman–Crippen MR) is 119 cm³/mol. The number of carbonyl (C=O) groups excluding carboxylic acids is 2. The lowest BCUT2D eigenvalue weighted by molar-refractivity contribution is -0.133. The van der Waals surface area contributed by atoms with Gasteiger partial charge in [-0.2, -0.15) is 0 Å². The van der Waals surface area contributed by atoms with Gasteiger partial charge in [0.15, 0.2) is 0 Å². The van der Waals surface area contributed by atoms with Crippen LogP contribution in [-0.4, -0.2) is 50.6 Å². The van der Waals surface area contributed by atoms with Crippen LogP contribution in [0.3, 0.4) is 0 Å². The summed E-state index contributed by atoms with van der Waals surface area (Å²) in [6.07, 6.45) is 7.05. The minimum Gasteiger partial charge on any atom is -0.462 e. The van der Waals surface area contributed by atoms with Crippen molar-refractivity contribution in [3.8, 4) is 0 Å². The Bertz CT molecular complexity index is 1170. The summed E-state index contributed by atoms with van der Waals surface area (Å²) in [4.78, 5) is 58.3. The number of hydrogen-bond donors (Lipinski definition) is 0. The summed E-state index contributed by atoms with van der Waals surface area (Å²) in [6.45, 7) is 1.48. The molecule has 0 saturated heterocycles. The fourth-order valence-electron chi connectivity index (χ4n) is 4.51. The molecule has 32 heavy (non-hydrogen) atoms. The molecule has 0 radical (unpaired) electrons. The second-order valence-corrected chi connectivity index (χ2v) is 8.82. The van der Waals surface area contributed by atoms with Gasteiger partial charge >= 0.3 is 11.7 Å². The van der Waals surface area contributed by atoms with Gasteiger partial charge in [-0.15, -0.1) is 0 Å². The predicted octanol–water partition coefficient (Wildman–Crippen LogP) is 1.94. The monoisotopic (exact) mass is 442 g/mol. The average Bonchev–Trinajstić information content (AvgIpc) is 3.65. The van der Waals surface area contributed by atoms with Crippen molar-refractivity contribution in [2.45, 2.75) is 70.4 Å². The Hall–Kier alpha value is -2.97. The molecule has 0 unspecified atom stereocenters. The molecule has 2 saturated carbocycles. The Morgan fingerprint density at radius 1 is 1.16 bits per heavy atom. The van der Waals surface area contributed by atoms with E-state index in [2.05, 4.69) is 4.98 Å². The van der Waals surface area contributed by atoms with Gasteiger partial charge in [-0.25, -0.2) is 14.6 Å². The first-order valence-corrected chi connectivity index (χ1v) is 11.4. The van der Waals surface area contributed by atoms with Crippen LogP contribution >= 0.6 is 0 Å². The van der Waals surface area contributed by atoms with Gasteiger partial charge in [-0.05, 0) is 38.7 Å². The molecular weight excluding hydrogens is 412 g/mol. The number of carbonyl (C=O) groups is 2. The summed E-state index contributed by atoms with van der Waals surface area (Å²) >= 11 is 0. The van der Waals surface area contributed by atoms with E-state index in [9.17, 15) is 19.2 Å². The van der Waals surface area contributed by atoms with Crippen LogP contribution in [-0.2, 0) is 23.1 Å². The van der Waals surface area contributed by atoms with Crippen molar-refractivity contribution in [3.05, 3.63) is 38.2 Å². The first-order valence-electron chi connectivity index (χ1n) is 11.4. The second kappa shape index (κ2) is 8.88. The minimum absolute atomic E-state index is 0.0167. The van der Waals surface area contributed by atoms with Crippen LogP contribution in [0.25, 0.3) is 11.0 Å². The second-order valence-electron chi connectivity index (χ2n) is 8.82. The maximum atomic E-state index is 13.4. The van der Waals surface area contributed by atoms with E-state index in [-0.39, 0.29) is 47.6 Å². The van der Waals surface area contributed by atoms with Gasteiger partial charge in [0.2, 0.25) is 5.91 Å². The topological polar surface area (TPSA) is 104 Å². The number of fused-ring (bicyclic) bond motifs is 1. The Morgan fingerprint density at radius 2 is 1.84 bits per heavy atom. The molecule has 4 rings (SSSR count). The van der Waals surface area contributed by atoms with Gasteiger partial charge in [-0.1, -0.05) is 19.3 Å². The summed E-state index contributed by atoms with van der Waals surface area (Å²) in [6, 6.07) is 1.72. The summed E-state index contributed by atoms with van der Waals surface area (Å²) in [5, 5.41) is 0.0167. The average molecular weight is 443 g/mol. The van der Waals surface area contributed by atoms with E-state index in [0.29, 0.717) is 5.69 Å². The molecule has 0 atom stereocenters. The van der Waals surface area contributed by atoms with Crippen molar-refractivity contribution >= 4 is 22.9 Å². The molecule has 2 aromatic heterocycles. The number of likely N-dealkylation sites (N-methyl/N-ethyl adjacent to an activating group) is 1. The van der Waals surface area contributed by atoms with Gasteiger partial charge in [0.1, 0.15) is 12.2 Å². The van der Waals surface area contributed by atoms with Gasteiger partial charge in [0, 0.05) is 31.7 Å². The third-order valence-electron chi connectivity index (χ3n) is 6.61. The van der Waals surface area contributed by atoms with Crippen LogP contribution < -0.4 is 11.2 Å². The molecule has 0 aliphatic heterocycles. The normalized spacial score (nSPS) is 16.8. The van der Waals surface area contributed by atoms with Gasteiger partial charge in [-0.3, -0.25) is 18.7 Å². The number of nitrogens with zero attached hydrogens (tertiary/aromatic N) is 4. The maximum Gasteiger partial charge on any atom is 0.339 e. The summed E-state index contributed by atoms with van der Waals surface area (Å²) < 4.78 is 7.33. The third kappa shape index (κ3) is 4.08. The van der Waals surface area contributed by atoms with Crippen LogP contribution in [0.2, 0.25) is 0 Å². The molecule has 0 spiro atoms. The van der Waals surface area contributed by atoms with E-state index in [0.717, 1.165) is 49.5 Å². The van der Waals surface area contributed by atoms with E-state index in [1.807, 2.05) is 0 Å². The Balaban J connectivity index is 1.80. The molecule has 2 aliphatic carbocycles. The van der Waals surface area contributed by atoms with Crippen molar-refractivity contribution < 1.29 is 14.3 Å². The zero-order valence-electron chi connectivity index (χ0n) is 18.9. The van der Waals surface area contributed by atoms with E-state index >= 15 is 0 Å². The van der Waals surface area contributed by atoms with Gasteiger partial charge < -0.3 is 9.64 Å². The molecule has 0 bridgehead atoms. The molecule has 0 N–H and O–H groups in total. The number of pyridine rings is 1. The van der Waals surface area contributed by atoms with Crippen LogP contribution in [0.1, 0.15) is 73.8 Å². The van der Waals surface area contributed by atoms with E-state index < -0.39 is 17.2 Å². The minimum atomic E-state index is -0.689. The smallest absolute Gasteiger partial charge is 0.339 e. The fraction of sp³-hybridized carbons (Fsp3) is 0.609. The number of hydrogen-bond acceptors (Lipinski definition) is 6. The number of esters is 1. The molecule has 9 heteroatoms.